The molecule has 7 heteroatoms. The molecule has 154 valence electrons. The van der Waals surface area contributed by atoms with Crippen molar-refractivity contribution in [2.45, 2.75) is 25.9 Å². The van der Waals surface area contributed by atoms with E-state index in [0.29, 0.717) is 30.3 Å². The van der Waals surface area contributed by atoms with Crippen molar-refractivity contribution in [3.8, 4) is 5.75 Å². The van der Waals surface area contributed by atoms with Crippen LogP contribution in [0.2, 0.25) is 5.02 Å². The Morgan fingerprint density at radius 1 is 1.17 bits per heavy atom. The average molecular weight is 417 g/mol. The Bertz CT molecular complexity index is 859. The first-order chi connectivity index (χ1) is 13.9. The fourth-order valence-electron chi connectivity index (χ4n) is 3.61. The summed E-state index contributed by atoms with van der Waals surface area (Å²) < 4.78 is 5.40. The Morgan fingerprint density at radius 3 is 2.62 bits per heavy atom. The quantitative estimate of drug-likeness (QED) is 0.751. The van der Waals surface area contributed by atoms with E-state index in [1.807, 2.05) is 35.2 Å². The second-order valence-corrected chi connectivity index (χ2v) is 7.70. The Labute approximate surface area is 175 Å². The van der Waals surface area contributed by atoms with E-state index in [1.54, 1.807) is 18.2 Å². The number of carboxylic acids is 1. The van der Waals surface area contributed by atoms with Crippen LogP contribution in [0.4, 0.5) is 0 Å². The van der Waals surface area contributed by atoms with Crippen molar-refractivity contribution < 1.29 is 19.4 Å². The lowest BCUT2D eigenvalue weighted by molar-refractivity contribution is -0.139. The highest BCUT2D eigenvalue weighted by molar-refractivity contribution is 6.30. The molecule has 2 aromatic carbocycles. The third-order valence-electron chi connectivity index (χ3n) is 5.00. The van der Waals surface area contributed by atoms with Gasteiger partial charge in [0.15, 0.2) is 6.61 Å². The molecule has 6 nitrogen and oxygen atoms in total. The predicted molar refractivity (Wildman–Crippen MR) is 111 cm³/mol. The van der Waals surface area contributed by atoms with Gasteiger partial charge in [-0.2, -0.15) is 0 Å². The minimum absolute atomic E-state index is 0.0857. The van der Waals surface area contributed by atoms with Crippen molar-refractivity contribution >= 4 is 23.5 Å². The molecule has 29 heavy (non-hydrogen) atoms. The lowest BCUT2D eigenvalue weighted by atomic mass is 10.1. The molecule has 0 spiro atoms. The van der Waals surface area contributed by atoms with Gasteiger partial charge in [-0.25, -0.2) is 4.79 Å². The molecule has 1 atom stereocenters. The van der Waals surface area contributed by atoms with Crippen molar-refractivity contribution in [2.24, 2.45) is 0 Å². The molecular formula is C22H25ClN2O4. The van der Waals surface area contributed by atoms with Crippen LogP contribution in [0.15, 0.2) is 48.5 Å². The van der Waals surface area contributed by atoms with Crippen molar-refractivity contribution in [1.82, 2.24) is 9.80 Å². The van der Waals surface area contributed by atoms with Crippen LogP contribution < -0.4 is 4.74 Å². The number of benzene rings is 2. The molecule has 0 saturated carbocycles. The van der Waals surface area contributed by atoms with Gasteiger partial charge >= 0.3 is 5.97 Å². The number of hydrogen-bond donors (Lipinski definition) is 1. The molecule has 0 aliphatic carbocycles. The van der Waals surface area contributed by atoms with Crippen LogP contribution in [0.5, 0.6) is 5.75 Å². The van der Waals surface area contributed by atoms with E-state index < -0.39 is 12.6 Å². The maximum Gasteiger partial charge on any atom is 0.341 e. The van der Waals surface area contributed by atoms with E-state index in [1.165, 1.54) is 0 Å². The SMILES string of the molecule is C[C@@H]1CN(Cc2cc(Cl)ccc2OCC(=O)O)CCN1C(=O)Cc1ccccc1. The minimum atomic E-state index is -1.02. The number of nitrogens with zero attached hydrogens (tertiary/aromatic N) is 2. The van der Waals surface area contributed by atoms with Gasteiger partial charge in [0.2, 0.25) is 5.91 Å². The van der Waals surface area contributed by atoms with Gasteiger partial charge in [-0.1, -0.05) is 41.9 Å². The number of rotatable bonds is 7. The normalized spacial score (nSPS) is 17.2. The summed E-state index contributed by atoms with van der Waals surface area (Å²) in [7, 11) is 0. The summed E-state index contributed by atoms with van der Waals surface area (Å²) in [6, 6.07) is 15.0. The molecule has 1 fully saturated rings. The number of carbonyl (C=O) groups excluding carboxylic acids is 1. The summed E-state index contributed by atoms with van der Waals surface area (Å²) in [5.74, 6) is -0.367. The van der Waals surface area contributed by atoms with Crippen LogP contribution in [0.3, 0.4) is 0 Å². The highest BCUT2D eigenvalue weighted by Gasteiger charge is 2.27. The van der Waals surface area contributed by atoms with Gasteiger partial charge in [0.1, 0.15) is 5.75 Å². The second-order valence-electron chi connectivity index (χ2n) is 7.27. The number of hydrogen-bond acceptors (Lipinski definition) is 4. The number of piperazine rings is 1. The standard InChI is InChI=1S/C22H25ClN2O4/c1-16-13-24(9-10-25(16)21(26)11-17-5-3-2-4-6-17)14-18-12-19(23)7-8-20(18)29-15-22(27)28/h2-8,12,16H,9-11,13-15H2,1H3,(H,27,28)/t16-/m1/s1. The van der Waals surface area contributed by atoms with Gasteiger partial charge < -0.3 is 14.7 Å². The number of aliphatic carboxylic acids is 1. The zero-order chi connectivity index (χ0) is 20.8. The first-order valence-electron chi connectivity index (χ1n) is 9.61. The predicted octanol–water partition coefficient (Wildman–Crippen LogP) is 3.08. The van der Waals surface area contributed by atoms with Crippen molar-refractivity contribution in [2.75, 3.05) is 26.2 Å². The first kappa shape index (κ1) is 21.1. The summed E-state index contributed by atoms with van der Waals surface area (Å²) in [5.41, 5.74) is 1.86. The maximum absolute atomic E-state index is 12.7. The number of carboxylic acid groups (broad SMARTS) is 1. The third-order valence-corrected chi connectivity index (χ3v) is 5.23. The lowest BCUT2D eigenvalue weighted by Crippen LogP contribution is -2.54. The minimum Gasteiger partial charge on any atom is -0.482 e. The Morgan fingerprint density at radius 2 is 1.93 bits per heavy atom. The summed E-state index contributed by atoms with van der Waals surface area (Å²) in [6.45, 7) is 4.35. The summed E-state index contributed by atoms with van der Waals surface area (Å²) >= 11 is 6.12. The van der Waals surface area contributed by atoms with Gasteiger partial charge in [0, 0.05) is 42.8 Å². The monoisotopic (exact) mass is 416 g/mol. The van der Waals surface area contributed by atoms with Gasteiger partial charge in [-0.05, 0) is 30.7 Å². The molecule has 2 aromatic rings. The number of halogens is 1. The second kappa shape index (κ2) is 9.76. The van der Waals surface area contributed by atoms with Crippen LogP contribution in [0, 0.1) is 0 Å². The summed E-state index contributed by atoms with van der Waals surface area (Å²) in [4.78, 5) is 27.7. The molecule has 0 aromatic heterocycles. The molecule has 0 unspecified atom stereocenters. The lowest BCUT2D eigenvalue weighted by Gasteiger charge is -2.40. The van der Waals surface area contributed by atoms with Crippen molar-refractivity contribution in [3.05, 3.63) is 64.7 Å². The van der Waals surface area contributed by atoms with Crippen LogP contribution >= 0.6 is 11.6 Å². The van der Waals surface area contributed by atoms with E-state index >= 15 is 0 Å². The average Bonchev–Trinajstić information content (AvgIpc) is 2.68. The highest BCUT2D eigenvalue weighted by Crippen LogP contribution is 2.25. The van der Waals surface area contributed by atoms with Crippen LogP contribution in [0.25, 0.3) is 0 Å². The maximum atomic E-state index is 12.7. The topological polar surface area (TPSA) is 70.1 Å². The molecule has 0 bridgehead atoms. The molecule has 1 aliphatic rings. The Kier molecular flexibility index (Phi) is 7.12. The van der Waals surface area contributed by atoms with E-state index in [2.05, 4.69) is 11.8 Å². The first-order valence-corrected chi connectivity index (χ1v) is 9.99. The van der Waals surface area contributed by atoms with Crippen LogP contribution in [-0.4, -0.2) is 59.1 Å². The summed E-state index contributed by atoms with van der Waals surface area (Å²) in [5, 5.41) is 9.44. The largest absolute Gasteiger partial charge is 0.482 e. The summed E-state index contributed by atoms with van der Waals surface area (Å²) in [6.07, 6.45) is 0.409. The fourth-order valence-corrected chi connectivity index (χ4v) is 3.81. The molecule has 1 N–H and O–H groups in total. The van der Waals surface area contributed by atoms with E-state index in [9.17, 15) is 9.59 Å². The molecule has 1 aliphatic heterocycles. The van der Waals surface area contributed by atoms with E-state index in [0.717, 1.165) is 24.2 Å². The van der Waals surface area contributed by atoms with Crippen molar-refractivity contribution in [1.29, 1.82) is 0 Å². The van der Waals surface area contributed by atoms with Gasteiger partial charge in [-0.15, -0.1) is 0 Å². The van der Waals surface area contributed by atoms with Gasteiger partial charge in [0.25, 0.3) is 0 Å². The Balaban J connectivity index is 1.60. The number of amides is 1. The molecule has 0 radical (unpaired) electrons. The van der Waals surface area contributed by atoms with Crippen LogP contribution in [0.1, 0.15) is 18.1 Å². The Hall–Kier alpha value is -2.57. The van der Waals surface area contributed by atoms with E-state index in [4.69, 9.17) is 21.4 Å². The molecular weight excluding hydrogens is 392 g/mol. The fraction of sp³-hybridized carbons (Fsp3) is 0.364. The number of carbonyl (C=O) groups is 2. The molecule has 1 saturated heterocycles. The van der Waals surface area contributed by atoms with E-state index in [-0.39, 0.29) is 11.9 Å². The van der Waals surface area contributed by atoms with Crippen molar-refractivity contribution in [3.63, 3.8) is 0 Å². The zero-order valence-corrected chi connectivity index (χ0v) is 17.1. The molecule has 1 amide bonds. The van der Waals surface area contributed by atoms with Crippen LogP contribution in [-0.2, 0) is 22.6 Å². The molecule has 1 heterocycles. The highest BCUT2D eigenvalue weighted by atomic mass is 35.5. The van der Waals surface area contributed by atoms with Gasteiger partial charge in [-0.3, -0.25) is 9.69 Å². The number of ether oxygens (including phenoxy) is 1. The van der Waals surface area contributed by atoms with Gasteiger partial charge in [0.05, 0.1) is 6.42 Å². The smallest absolute Gasteiger partial charge is 0.341 e. The zero-order valence-electron chi connectivity index (χ0n) is 16.4. The third kappa shape index (κ3) is 5.95. The molecule has 3 rings (SSSR count).